The molecule has 1 unspecified atom stereocenters. The molecule has 6 heteroatoms. The van der Waals surface area contributed by atoms with Gasteiger partial charge in [0.05, 0.1) is 13.2 Å². The highest BCUT2D eigenvalue weighted by Gasteiger charge is 2.36. The fourth-order valence-electron chi connectivity index (χ4n) is 3.02. The van der Waals surface area contributed by atoms with Gasteiger partial charge in [0.2, 0.25) is 0 Å². The van der Waals surface area contributed by atoms with Crippen LogP contribution >= 0.6 is 0 Å². The first-order chi connectivity index (χ1) is 13.2. The maximum absolute atomic E-state index is 12.4. The van der Waals surface area contributed by atoms with E-state index >= 15 is 0 Å². The summed E-state index contributed by atoms with van der Waals surface area (Å²) in [5.41, 5.74) is 5.10. The van der Waals surface area contributed by atoms with Gasteiger partial charge in [-0.25, -0.2) is 0 Å². The lowest BCUT2D eigenvalue weighted by molar-refractivity contribution is -0.187. The van der Waals surface area contributed by atoms with Gasteiger partial charge < -0.3 is 15.3 Å². The Morgan fingerprint density at radius 2 is 1.54 bits per heavy atom. The van der Waals surface area contributed by atoms with Crippen molar-refractivity contribution in [3.8, 4) is 0 Å². The summed E-state index contributed by atoms with van der Waals surface area (Å²) in [5.74, 6) is 0. The van der Waals surface area contributed by atoms with E-state index in [2.05, 4.69) is 0 Å². The Morgan fingerprint density at radius 1 is 0.929 bits per heavy atom. The molecule has 3 N–H and O–H groups in total. The van der Waals surface area contributed by atoms with Crippen molar-refractivity contribution in [3.63, 3.8) is 0 Å². The molecule has 0 fully saturated rings. The summed E-state index contributed by atoms with van der Waals surface area (Å²) in [7, 11) is 0. The third-order valence-electron chi connectivity index (χ3n) is 4.67. The Bertz CT molecular complexity index is 813. The van der Waals surface area contributed by atoms with Crippen molar-refractivity contribution in [2.45, 2.75) is 51.7 Å². The van der Waals surface area contributed by atoms with Gasteiger partial charge in [-0.1, -0.05) is 42.5 Å². The van der Waals surface area contributed by atoms with E-state index in [0.717, 1.165) is 53.2 Å². The Balaban J connectivity index is 1.95. The Labute approximate surface area is 162 Å². The summed E-state index contributed by atoms with van der Waals surface area (Å²) in [6.45, 7) is 1.61. The van der Waals surface area contributed by atoms with Crippen LogP contribution in [0.15, 0.2) is 42.5 Å². The minimum atomic E-state index is -4.66. The number of aryl methyl sites for hydroxylation is 3. The number of halogens is 3. The van der Waals surface area contributed by atoms with Crippen LogP contribution in [0.1, 0.15) is 39.8 Å². The maximum Gasteiger partial charge on any atom is 0.417 e. The molecule has 1 atom stereocenters. The van der Waals surface area contributed by atoms with Crippen LogP contribution in [-0.2, 0) is 26.1 Å². The predicted molar refractivity (Wildman–Crippen MR) is 103 cm³/mol. The molecule has 3 nitrogen and oxygen atoms in total. The summed E-state index contributed by atoms with van der Waals surface area (Å²) in [6.07, 6.45) is -2.58. The smallest absolute Gasteiger partial charge is 0.392 e. The van der Waals surface area contributed by atoms with Gasteiger partial charge in [0.25, 0.3) is 0 Å². The monoisotopic (exact) mass is 394 g/mol. The number of hydrogen-bond donors (Lipinski definition) is 3. The third kappa shape index (κ3) is 6.19. The molecule has 0 spiro atoms. The molecule has 0 aliphatic heterocycles. The fourth-order valence-corrected chi connectivity index (χ4v) is 3.02. The Kier molecular flexibility index (Phi) is 7.80. The molecule has 0 bridgehead atoms. The van der Waals surface area contributed by atoms with Crippen LogP contribution in [0, 0.1) is 6.92 Å². The second-order valence-electron chi connectivity index (χ2n) is 6.81. The summed E-state index contributed by atoms with van der Waals surface area (Å²) >= 11 is 0. The van der Waals surface area contributed by atoms with E-state index in [-0.39, 0.29) is 13.2 Å². The van der Waals surface area contributed by atoms with Crippen molar-refractivity contribution >= 4 is 6.08 Å². The number of rotatable bonds is 8. The lowest BCUT2D eigenvalue weighted by Gasteiger charge is -2.11. The van der Waals surface area contributed by atoms with Crippen LogP contribution in [0.4, 0.5) is 13.2 Å². The minimum Gasteiger partial charge on any atom is -0.392 e. The van der Waals surface area contributed by atoms with Crippen molar-refractivity contribution < 1.29 is 28.5 Å². The van der Waals surface area contributed by atoms with Crippen LogP contribution in [0.3, 0.4) is 0 Å². The lowest BCUT2D eigenvalue weighted by Crippen LogP contribution is -2.25. The van der Waals surface area contributed by atoms with E-state index in [4.69, 9.17) is 5.11 Å². The van der Waals surface area contributed by atoms with Crippen LogP contribution < -0.4 is 0 Å². The zero-order valence-electron chi connectivity index (χ0n) is 15.7. The van der Waals surface area contributed by atoms with Gasteiger partial charge in [0.1, 0.15) is 0 Å². The predicted octanol–water partition coefficient (Wildman–Crippen LogP) is 4.09. The molecule has 2 aromatic rings. The lowest BCUT2D eigenvalue weighted by atomic mass is 9.98. The first-order valence-corrected chi connectivity index (χ1v) is 9.09. The Hall–Kier alpha value is -2.15. The van der Waals surface area contributed by atoms with Crippen LogP contribution in [0.25, 0.3) is 6.08 Å². The quantitative estimate of drug-likeness (QED) is 0.632. The van der Waals surface area contributed by atoms with Gasteiger partial charge in [-0.05, 0) is 65.6 Å². The molecular weight excluding hydrogens is 369 g/mol. The van der Waals surface area contributed by atoms with Crippen molar-refractivity contribution in [1.82, 2.24) is 0 Å². The molecule has 0 aliphatic rings. The molecule has 28 heavy (non-hydrogen) atoms. The standard InChI is InChI=1S/C22H25F3O3/c1-15-11-16(5-7-18(15)9-10-21(28)22(23,24)25)3-2-4-17-6-8-19(13-26)20(12-17)14-27/h5-12,21,26-28H,2-4,13-14H2,1H3. The van der Waals surface area contributed by atoms with Crippen LogP contribution in [0.2, 0.25) is 0 Å². The highest BCUT2D eigenvalue weighted by atomic mass is 19.4. The molecule has 2 aromatic carbocycles. The van der Waals surface area contributed by atoms with Crippen LogP contribution in [0.5, 0.6) is 0 Å². The van der Waals surface area contributed by atoms with E-state index in [0.29, 0.717) is 5.56 Å². The molecule has 152 valence electrons. The number of hydrogen-bond acceptors (Lipinski definition) is 3. The molecule has 0 aliphatic carbocycles. The average Bonchev–Trinajstić information content (AvgIpc) is 2.66. The summed E-state index contributed by atoms with van der Waals surface area (Å²) in [6, 6.07) is 11.2. The normalized spacial score (nSPS) is 13.2. The van der Waals surface area contributed by atoms with E-state index in [1.807, 2.05) is 37.3 Å². The fraction of sp³-hybridized carbons (Fsp3) is 0.364. The molecule has 0 aromatic heterocycles. The van der Waals surface area contributed by atoms with Gasteiger partial charge >= 0.3 is 6.18 Å². The van der Waals surface area contributed by atoms with E-state index in [9.17, 15) is 23.4 Å². The number of benzene rings is 2. The zero-order valence-corrected chi connectivity index (χ0v) is 15.7. The molecular formula is C22H25F3O3. The first kappa shape index (κ1) is 22.1. The minimum absolute atomic E-state index is 0.101. The van der Waals surface area contributed by atoms with E-state index in [1.54, 1.807) is 6.07 Å². The van der Waals surface area contributed by atoms with Crippen molar-refractivity contribution in [2.75, 3.05) is 0 Å². The van der Waals surface area contributed by atoms with Crippen molar-refractivity contribution in [1.29, 1.82) is 0 Å². The van der Waals surface area contributed by atoms with Crippen LogP contribution in [-0.4, -0.2) is 27.6 Å². The molecule has 0 saturated carbocycles. The van der Waals surface area contributed by atoms with Gasteiger partial charge in [0, 0.05) is 0 Å². The Morgan fingerprint density at radius 3 is 2.11 bits per heavy atom. The molecule has 0 amide bonds. The second kappa shape index (κ2) is 9.87. The van der Waals surface area contributed by atoms with E-state index < -0.39 is 12.3 Å². The summed E-state index contributed by atoms with van der Waals surface area (Å²) in [4.78, 5) is 0. The second-order valence-corrected chi connectivity index (χ2v) is 6.81. The number of alkyl halides is 3. The van der Waals surface area contributed by atoms with Gasteiger partial charge in [-0.3, -0.25) is 0 Å². The van der Waals surface area contributed by atoms with Gasteiger partial charge in [-0.2, -0.15) is 13.2 Å². The third-order valence-corrected chi connectivity index (χ3v) is 4.67. The molecule has 0 heterocycles. The molecule has 0 saturated heterocycles. The van der Waals surface area contributed by atoms with Gasteiger partial charge in [0.15, 0.2) is 6.10 Å². The first-order valence-electron chi connectivity index (χ1n) is 9.09. The highest BCUT2D eigenvalue weighted by Crippen LogP contribution is 2.22. The largest absolute Gasteiger partial charge is 0.417 e. The SMILES string of the molecule is Cc1cc(CCCc2ccc(CO)c(CO)c2)ccc1C=CC(O)C(F)(F)F. The van der Waals surface area contributed by atoms with Crippen molar-refractivity contribution in [3.05, 3.63) is 75.9 Å². The molecule has 0 radical (unpaired) electrons. The highest BCUT2D eigenvalue weighted by molar-refractivity contribution is 5.54. The molecule has 2 rings (SSSR count). The maximum atomic E-state index is 12.4. The van der Waals surface area contributed by atoms with E-state index in [1.165, 1.54) is 6.08 Å². The summed E-state index contributed by atoms with van der Waals surface area (Å²) < 4.78 is 37.1. The van der Waals surface area contributed by atoms with Crippen molar-refractivity contribution in [2.24, 2.45) is 0 Å². The summed E-state index contributed by atoms with van der Waals surface area (Å²) in [5, 5.41) is 27.6. The zero-order chi connectivity index (χ0) is 20.7. The average molecular weight is 394 g/mol. The topological polar surface area (TPSA) is 60.7 Å². The number of aliphatic hydroxyl groups is 3. The number of aliphatic hydroxyl groups excluding tert-OH is 3. The van der Waals surface area contributed by atoms with Gasteiger partial charge in [-0.15, -0.1) is 0 Å².